The van der Waals surface area contributed by atoms with Gasteiger partial charge in [0.2, 0.25) is 0 Å². The normalized spacial score (nSPS) is 12.4. The average Bonchev–Trinajstić information content (AvgIpc) is 3.15. The third-order valence-corrected chi connectivity index (χ3v) is 6.12. The Bertz CT molecular complexity index is 1210. The Morgan fingerprint density at radius 1 is 1.11 bits per heavy atom. The molecule has 0 aliphatic carbocycles. The standard InChI is InChI=1S/C23H22N2O2S/c1-14-8-11-19-17(12-14)21-18(22(26)25-19)13-20(28-21)23(27)24-15(2)9-10-16-6-4-3-5-7-16/h3-8,11-13,15H,9-10H2,1-2H3,(H,24,27)(H,25,26). The van der Waals surface area contributed by atoms with Gasteiger partial charge in [-0.3, -0.25) is 9.59 Å². The summed E-state index contributed by atoms with van der Waals surface area (Å²) in [6, 6.07) is 17.9. The summed E-state index contributed by atoms with van der Waals surface area (Å²) in [6.07, 6.45) is 1.78. The van der Waals surface area contributed by atoms with E-state index in [1.54, 1.807) is 6.07 Å². The number of carbonyl (C=O) groups excluding carboxylic acids is 1. The van der Waals surface area contributed by atoms with Crippen LogP contribution in [0.3, 0.4) is 0 Å². The molecule has 5 heteroatoms. The third-order valence-electron chi connectivity index (χ3n) is 4.95. The molecule has 4 rings (SSSR count). The second-order valence-electron chi connectivity index (χ2n) is 7.26. The molecular weight excluding hydrogens is 368 g/mol. The van der Waals surface area contributed by atoms with Gasteiger partial charge in [0.25, 0.3) is 11.5 Å². The zero-order chi connectivity index (χ0) is 19.7. The first kappa shape index (κ1) is 18.4. The maximum atomic E-state index is 12.7. The molecule has 4 nitrogen and oxygen atoms in total. The van der Waals surface area contributed by atoms with Crippen molar-refractivity contribution in [1.29, 1.82) is 0 Å². The van der Waals surface area contributed by atoms with E-state index in [1.165, 1.54) is 16.9 Å². The molecule has 4 aromatic rings. The maximum absolute atomic E-state index is 12.7. The number of hydrogen-bond acceptors (Lipinski definition) is 3. The second kappa shape index (κ2) is 7.60. The summed E-state index contributed by atoms with van der Waals surface area (Å²) in [5.41, 5.74) is 3.03. The Hall–Kier alpha value is -2.92. The minimum absolute atomic E-state index is 0.0511. The first-order chi connectivity index (χ1) is 13.5. The molecule has 1 unspecified atom stereocenters. The average molecular weight is 391 g/mol. The molecule has 0 spiro atoms. The number of nitrogens with one attached hydrogen (secondary N) is 2. The van der Waals surface area contributed by atoms with Crippen LogP contribution < -0.4 is 10.9 Å². The predicted octanol–water partition coefficient (Wildman–Crippen LogP) is 4.80. The lowest BCUT2D eigenvalue weighted by molar-refractivity contribution is 0.0942. The van der Waals surface area contributed by atoms with Crippen LogP contribution >= 0.6 is 11.3 Å². The quantitative estimate of drug-likeness (QED) is 0.514. The predicted molar refractivity (Wildman–Crippen MR) is 116 cm³/mol. The molecule has 1 atom stereocenters. The van der Waals surface area contributed by atoms with Crippen molar-refractivity contribution in [1.82, 2.24) is 10.3 Å². The molecule has 2 aromatic carbocycles. The van der Waals surface area contributed by atoms with Crippen molar-refractivity contribution >= 4 is 38.2 Å². The second-order valence-corrected chi connectivity index (χ2v) is 8.31. The number of thiophene rings is 1. The van der Waals surface area contributed by atoms with Gasteiger partial charge in [-0.05, 0) is 50.5 Å². The number of H-pyrrole nitrogens is 1. The Morgan fingerprint density at radius 2 is 1.89 bits per heavy atom. The van der Waals surface area contributed by atoms with Crippen LogP contribution in [0.2, 0.25) is 0 Å². The van der Waals surface area contributed by atoms with Crippen molar-refractivity contribution in [3.63, 3.8) is 0 Å². The number of carbonyl (C=O) groups is 1. The van der Waals surface area contributed by atoms with Gasteiger partial charge in [-0.15, -0.1) is 11.3 Å². The van der Waals surface area contributed by atoms with E-state index in [0.29, 0.717) is 10.3 Å². The largest absolute Gasteiger partial charge is 0.349 e. The van der Waals surface area contributed by atoms with E-state index < -0.39 is 0 Å². The number of aryl methyl sites for hydroxylation is 2. The van der Waals surface area contributed by atoms with Crippen LogP contribution in [0.5, 0.6) is 0 Å². The first-order valence-corrected chi connectivity index (χ1v) is 10.2. The van der Waals surface area contributed by atoms with E-state index in [-0.39, 0.29) is 17.5 Å². The monoisotopic (exact) mass is 390 g/mol. The van der Waals surface area contributed by atoms with Crippen molar-refractivity contribution in [2.45, 2.75) is 32.7 Å². The third kappa shape index (κ3) is 3.71. The Labute approximate surface area is 167 Å². The van der Waals surface area contributed by atoms with E-state index in [1.807, 2.05) is 50.2 Å². The zero-order valence-corrected chi connectivity index (χ0v) is 16.7. The SMILES string of the molecule is Cc1ccc2[nH]c(=O)c3cc(C(=O)NC(C)CCc4ccccc4)sc3c2c1. The first-order valence-electron chi connectivity index (χ1n) is 9.42. The summed E-state index contributed by atoms with van der Waals surface area (Å²) >= 11 is 1.38. The van der Waals surface area contributed by atoms with Gasteiger partial charge in [-0.1, -0.05) is 42.0 Å². The van der Waals surface area contributed by atoms with Crippen LogP contribution in [0.4, 0.5) is 0 Å². The minimum atomic E-state index is -0.154. The van der Waals surface area contributed by atoms with Crippen molar-refractivity contribution in [3.8, 4) is 0 Å². The minimum Gasteiger partial charge on any atom is -0.349 e. The van der Waals surface area contributed by atoms with Crippen LogP contribution in [-0.2, 0) is 6.42 Å². The number of rotatable bonds is 5. The van der Waals surface area contributed by atoms with Crippen LogP contribution in [0.15, 0.2) is 59.4 Å². The van der Waals surface area contributed by atoms with Gasteiger partial charge >= 0.3 is 0 Å². The number of fused-ring (bicyclic) bond motifs is 3. The van der Waals surface area contributed by atoms with E-state index in [2.05, 4.69) is 22.4 Å². The van der Waals surface area contributed by atoms with E-state index in [4.69, 9.17) is 0 Å². The highest BCUT2D eigenvalue weighted by molar-refractivity contribution is 7.21. The molecule has 0 saturated carbocycles. The summed E-state index contributed by atoms with van der Waals surface area (Å²) in [4.78, 5) is 28.6. The lowest BCUT2D eigenvalue weighted by Gasteiger charge is -2.13. The van der Waals surface area contributed by atoms with Gasteiger partial charge in [-0.25, -0.2) is 0 Å². The Morgan fingerprint density at radius 3 is 2.68 bits per heavy atom. The fraction of sp³-hybridized carbons (Fsp3) is 0.217. The van der Waals surface area contributed by atoms with Gasteiger partial charge < -0.3 is 10.3 Å². The number of benzene rings is 2. The molecule has 142 valence electrons. The van der Waals surface area contributed by atoms with Crippen LogP contribution in [0, 0.1) is 6.92 Å². The van der Waals surface area contributed by atoms with Gasteiger partial charge in [0, 0.05) is 21.6 Å². The fourth-order valence-corrected chi connectivity index (χ4v) is 4.50. The molecule has 2 N–H and O–H groups in total. The Kier molecular flexibility index (Phi) is 5.01. The molecule has 0 aliphatic heterocycles. The number of hydrogen-bond donors (Lipinski definition) is 2. The van der Waals surface area contributed by atoms with Crippen LogP contribution in [-0.4, -0.2) is 16.9 Å². The van der Waals surface area contributed by atoms with Gasteiger partial charge in [0.1, 0.15) is 0 Å². The fourth-order valence-electron chi connectivity index (χ4n) is 3.41. The summed E-state index contributed by atoms with van der Waals surface area (Å²) in [6.45, 7) is 4.03. The lowest BCUT2D eigenvalue weighted by Crippen LogP contribution is -2.32. The highest BCUT2D eigenvalue weighted by atomic mass is 32.1. The van der Waals surface area contributed by atoms with E-state index in [0.717, 1.165) is 34.0 Å². The molecule has 0 radical (unpaired) electrons. The molecule has 2 aromatic heterocycles. The molecule has 28 heavy (non-hydrogen) atoms. The number of amides is 1. The van der Waals surface area contributed by atoms with Crippen LogP contribution in [0.25, 0.3) is 21.0 Å². The molecular formula is C23H22N2O2S. The summed E-state index contributed by atoms with van der Waals surface area (Å²) in [5.74, 6) is -0.123. The molecule has 1 amide bonds. The molecule has 0 aliphatic rings. The highest BCUT2D eigenvalue weighted by Gasteiger charge is 2.16. The summed E-state index contributed by atoms with van der Waals surface area (Å²) in [5, 5.41) is 4.62. The summed E-state index contributed by atoms with van der Waals surface area (Å²) < 4.78 is 0.865. The zero-order valence-electron chi connectivity index (χ0n) is 15.9. The molecule has 0 fully saturated rings. The van der Waals surface area contributed by atoms with Crippen LogP contribution in [0.1, 0.15) is 34.1 Å². The van der Waals surface area contributed by atoms with Gasteiger partial charge in [0.05, 0.1) is 10.3 Å². The number of aromatic nitrogens is 1. The molecule has 0 bridgehead atoms. The van der Waals surface area contributed by atoms with Crippen molar-refractivity contribution < 1.29 is 4.79 Å². The molecule has 0 saturated heterocycles. The number of aromatic amines is 1. The lowest BCUT2D eigenvalue weighted by atomic mass is 10.1. The number of pyridine rings is 1. The summed E-state index contributed by atoms with van der Waals surface area (Å²) in [7, 11) is 0. The van der Waals surface area contributed by atoms with E-state index in [9.17, 15) is 9.59 Å². The molecule has 2 heterocycles. The van der Waals surface area contributed by atoms with Crippen molar-refractivity contribution in [3.05, 3.63) is 81.0 Å². The van der Waals surface area contributed by atoms with Gasteiger partial charge in [-0.2, -0.15) is 0 Å². The smallest absolute Gasteiger partial charge is 0.261 e. The Balaban J connectivity index is 1.56. The maximum Gasteiger partial charge on any atom is 0.261 e. The topological polar surface area (TPSA) is 62.0 Å². The van der Waals surface area contributed by atoms with Crippen molar-refractivity contribution in [2.24, 2.45) is 0 Å². The van der Waals surface area contributed by atoms with Gasteiger partial charge in [0.15, 0.2) is 0 Å². The van der Waals surface area contributed by atoms with E-state index >= 15 is 0 Å². The highest BCUT2D eigenvalue weighted by Crippen LogP contribution is 2.30. The van der Waals surface area contributed by atoms with Crippen molar-refractivity contribution in [2.75, 3.05) is 0 Å².